The molecule has 0 saturated heterocycles. The maximum Gasteiger partial charge on any atom is 0.634 e. The van der Waals surface area contributed by atoms with Gasteiger partial charge in [-0.15, -0.1) is 0 Å². The van der Waals surface area contributed by atoms with Crippen LogP contribution in [0, 0.1) is 11.6 Å². The summed E-state index contributed by atoms with van der Waals surface area (Å²) in [6.45, 7) is 0.203. The summed E-state index contributed by atoms with van der Waals surface area (Å²) in [5.74, 6) is -8.24. The van der Waals surface area contributed by atoms with Crippen LogP contribution in [0.25, 0.3) is 0 Å². The Labute approximate surface area is 251 Å². The maximum absolute atomic E-state index is 15.5. The first kappa shape index (κ1) is 37.9. The van der Waals surface area contributed by atoms with Crippen LogP contribution >= 0.6 is 0 Å². The predicted molar refractivity (Wildman–Crippen MR) is 125 cm³/mol. The van der Waals surface area contributed by atoms with Crippen molar-refractivity contribution in [3.63, 3.8) is 0 Å². The standard InChI is InChI=1S/C26H14BF17O3/c1-21(47-27(45)46,16-2-3-17(28)19(20(16)29)26(42,43)44)18(10-4-12(22(30,31)32)8-13(5-10)23(33,34)35)11-6-14(24(36,37)38)9-15(7-11)25(39,40)41/h2-9,18,45-46H,1H3. The molecule has 0 amide bonds. The number of hydrogen-bond acceptors (Lipinski definition) is 3. The van der Waals surface area contributed by atoms with Crippen LogP contribution in [0.15, 0.2) is 48.5 Å². The van der Waals surface area contributed by atoms with Gasteiger partial charge in [0.2, 0.25) is 0 Å². The third-order valence-electron chi connectivity index (χ3n) is 6.70. The first-order chi connectivity index (χ1) is 21.0. The largest absolute Gasteiger partial charge is 0.634 e. The molecule has 0 fully saturated rings. The van der Waals surface area contributed by atoms with Crippen molar-refractivity contribution in [1.29, 1.82) is 0 Å². The molecular formula is C26H14BF17O3. The van der Waals surface area contributed by atoms with Crippen molar-refractivity contribution in [2.24, 2.45) is 0 Å². The molecule has 21 heteroatoms. The summed E-state index contributed by atoms with van der Waals surface area (Å²) < 4.78 is 240. The normalized spacial score (nSPS) is 14.8. The van der Waals surface area contributed by atoms with Crippen LogP contribution in [0.5, 0.6) is 0 Å². The van der Waals surface area contributed by atoms with Gasteiger partial charge in [-0.1, -0.05) is 6.07 Å². The monoisotopic (exact) mass is 708 g/mol. The van der Waals surface area contributed by atoms with Gasteiger partial charge in [-0.2, -0.15) is 65.9 Å². The van der Waals surface area contributed by atoms with Gasteiger partial charge in [-0.05, 0) is 60.5 Å². The highest BCUT2D eigenvalue weighted by atomic mass is 19.4. The van der Waals surface area contributed by atoms with Gasteiger partial charge in [0.05, 0.1) is 27.9 Å². The molecule has 258 valence electrons. The van der Waals surface area contributed by atoms with Crippen LogP contribution in [0.3, 0.4) is 0 Å². The van der Waals surface area contributed by atoms with Gasteiger partial charge in [0.15, 0.2) is 0 Å². The van der Waals surface area contributed by atoms with Crippen LogP contribution in [0.2, 0.25) is 0 Å². The molecule has 0 aliphatic heterocycles. The average molecular weight is 708 g/mol. The summed E-state index contributed by atoms with van der Waals surface area (Å²) in [7, 11) is -3.40. The minimum atomic E-state index is -5.96. The molecule has 0 saturated carbocycles. The smallest absolute Gasteiger partial charge is 0.402 e. The van der Waals surface area contributed by atoms with Crippen molar-refractivity contribution >= 4 is 7.32 Å². The van der Waals surface area contributed by atoms with Crippen LogP contribution in [-0.4, -0.2) is 17.4 Å². The molecule has 0 aliphatic carbocycles. The van der Waals surface area contributed by atoms with E-state index in [4.69, 9.17) is 0 Å². The van der Waals surface area contributed by atoms with Crippen molar-refractivity contribution in [3.05, 3.63) is 105 Å². The maximum atomic E-state index is 15.5. The second kappa shape index (κ2) is 12.1. The van der Waals surface area contributed by atoms with Gasteiger partial charge in [-0.25, -0.2) is 8.78 Å². The minimum Gasteiger partial charge on any atom is -0.402 e. The van der Waals surface area contributed by atoms with E-state index in [1.807, 2.05) is 0 Å². The molecule has 3 rings (SSSR count). The lowest BCUT2D eigenvalue weighted by atomic mass is 9.72. The van der Waals surface area contributed by atoms with Crippen LogP contribution in [0.1, 0.15) is 57.3 Å². The van der Waals surface area contributed by atoms with E-state index < -0.39 is 118 Å². The fraction of sp³-hybridized carbons (Fsp3) is 0.308. The molecule has 1 atom stereocenters. The van der Waals surface area contributed by atoms with Gasteiger partial charge in [0.25, 0.3) is 0 Å². The molecule has 0 radical (unpaired) electrons. The lowest BCUT2D eigenvalue weighted by molar-refractivity contribution is -0.144. The van der Waals surface area contributed by atoms with E-state index in [0.717, 1.165) is 0 Å². The molecule has 3 aromatic carbocycles. The lowest BCUT2D eigenvalue weighted by Gasteiger charge is -2.40. The molecule has 0 bridgehead atoms. The summed E-state index contributed by atoms with van der Waals surface area (Å²) in [4.78, 5) is 0. The van der Waals surface area contributed by atoms with E-state index in [9.17, 15) is 80.3 Å². The summed E-state index contributed by atoms with van der Waals surface area (Å²) in [5, 5.41) is 19.2. The highest BCUT2D eigenvalue weighted by Crippen LogP contribution is 2.51. The Bertz CT molecular complexity index is 1480. The van der Waals surface area contributed by atoms with Gasteiger partial charge >= 0.3 is 38.2 Å². The van der Waals surface area contributed by atoms with E-state index in [2.05, 4.69) is 4.65 Å². The van der Waals surface area contributed by atoms with Crippen LogP contribution in [-0.2, 0) is 41.1 Å². The quantitative estimate of drug-likeness (QED) is 0.199. The summed E-state index contributed by atoms with van der Waals surface area (Å²) in [6.07, 6.45) is -28.9. The molecule has 3 nitrogen and oxygen atoms in total. The summed E-state index contributed by atoms with van der Waals surface area (Å²) >= 11 is 0. The second-order valence-electron chi connectivity index (χ2n) is 9.94. The number of hydrogen-bond donors (Lipinski definition) is 2. The average Bonchev–Trinajstić information content (AvgIpc) is 2.85. The number of alkyl halides is 15. The molecule has 0 aliphatic rings. The molecule has 3 aromatic rings. The third-order valence-corrected chi connectivity index (χ3v) is 6.70. The van der Waals surface area contributed by atoms with E-state index in [-0.39, 0.29) is 43.3 Å². The summed E-state index contributed by atoms with van der Waals surface area (Å²) in [5.41, 5.74) is -20.5. The van der Waals surface area contributed by atoms with Gasteiger partial charge in [-0.3, -0.25) is 0 Å². The van der Waals surface area contributed by atoms with Crippen LogP contribution in [0.4, 0.5) is 74.6 Å². The number of benzene rings is 3. The Morgan fingerprint density at radius 2 is 0.894 bits per heavy atom. The zero-order chi connectivity index (χ0) is 36.3. The Kier molecular flexibility index (Phi) is 9.78. The van der Waals surface area contributed by atoms with Gasteiger partial charge < -0.3 is 14.7 Å². The molecule has 2 N–H and O–H groups in total. The highest BCUT2D eigenvalue weighted by molar-refractivity contribution is 6.32. The second-order valence-corrected chi connectivity index (χ2v) is 9.94. The molecule has 0 aromatic heterocycles. The van der Waals surface area contributed by atoms with Crippen LogP contribution < -0.4 is 0 Å². The lowest BCUT2D eigenvalue weighted by Crippen LogP contribution is -2.41. The fourth-order valence-corrected chi connectivity index (χ4v) is 4.82. The predicted octanol–water partition coefficient (Wildman–Crippen LogP) is 9.09. The Morgan fingerprint density at radius 1 is 0.553 bits per heavy atom. The number of halogens is 17. The molecule has 47 heavy (non-hydrogen) atoms. The SMILES string of the molecule is CC(OB(O)O)(c1ccc(F)c(C(F)(F)F)c1F)C(c1cc(C(F)(F)F)cc(C(F)(F)F)c1)c1cc(C(F)(F)F)cc(C(F)(F)F)c1. The first-order valence-electron chi connectivity index (χ1n) is 12.2. The van der Waals surface area contributed by atoms with Crippen molar-refractivity contribution < 1.29 is 89.3 Å². The van der Waals surface area contributed by atoms with Crippen molar-refractivity contribution in [2.45, 2.75) is 49.3 Å². The molecule has 1 unspecified atom stereocenters. The van der Waals surface area contributed by atoms with Crippen molar-refractivity contribution in [3.8, 4) is 0 Å². The number of rotatable bonds is 6. The topological polar surface area (TPSA) is 49.7 Å². The highest BCUT2D eigenvalue weighted by Gasteiger charge is 2.50. The van der Waals surface area contributed by atoms with E-state index in [1.165, 1.54) is 0 Å². The molecule has 0 spiro atoms. The minimum absolute atomic E-state index is 0.00580. The Morgan fingerprint density at radius 3 is 1.17 bits per heavy atom. The van der Waals surface area contributed by atoms with Crippen molar-refractivity contribution in [1.82, 2.24) is 0 Å². The van der Waals surface area contributed by atoms with Gasteiger partial charge in [0.1, 0.15) is 17.2 Å². The molecular weight excluding hydrogens is 694 g/mol. The van der Waals surface area contributed by atoms with E-state index in [0.29, 0.717) is 0 Å². The first-order valence-corrected chi connectivity index (χ1v) is 12.2. The van der Waals surface area contributed by atoms with Crippen molar-refractivity contribution in [2.75, 3.05) is 0 Å². The Balaban J connectivity index is 2.69. The fourth-order valence-electron chi connectivity index (χ4n) is 4.82. The zero-order valence-electron chi connectivity index (χ0n) is 22.5. The molecule has 0 heterocycles. The van der Waals surface area contributed by atoms with E-state index in [1.54, 1.807) is 0 Å². The van der Waals surface area contributed by atoms with E-state index >= 15 is 4.39 Å². The van der Waals surface area contributed by atoms with Gasteiger partial charge in [0, 0.05) is 11.5 Å². The third kappa shape index (κ3) is 8.11. The Hall–Kier alpha value is -3.59. The zero-order valence-corrected chi connectivity index (χ0v) is 22.5. The summed E-state index contributed by atoms with van der Waals surface area (Å²) in [6, 6.07) is -2.33.